The van der Waals surface area contributed by atoms with Crippen LogP contribution in [0.2, 0.25) is 0 Å². The van der Waals surface area contributed by atoms with Gasteiger partial charge in [0, 0.05) is 6.54 Å². The van der Waals surface area contributed by atoms with E-state index >= 15 is 0 Å². The number of nitrogens with zero attached hydrogens (tertiary/aromatic N) is 2. The fraction of sp³-hybridized carbons (Fsp3) is 0.300. The van der Waals surface area contributed by atoms with E-state index in [-0.39, 0.29) is 23.4 Å². The molecule has 5 nitrogen and oxygen atoms in total. The van der Waals surface area contributed by atoms with Crippen LogP contribution in [0.4, 0.5) is 8.78 Å². The molecule has 3 N–H and O–H groups in total. The molecule has 0 saturated carbocycles. The van der Waals surface area contributed by atoms with E-state index in [0.717, 1.165) is 6.07 Å². The minimum atomic E-state index is -2.89. The lowest BCUT2D eigenvalue weighted by Crippen LogP contribution is -2.12. The van der Waals surface area contributed by atoms with E-state index in [1.807, 2.05) is 0 Å². The van der Waals surface area contributed by atoms with Crippen molar-refractivity contribution in [3.63, 3.8) is 0 Å². The van der Waals surface area contributed by atoms with Crippen molar-refractivity contribution in [2.24, 2.45) is 5.73 Å². The molecule has 1 heterocycles. The zero-order valence-corrected chi connectivity index (χ0v) is 8.65. The SMILES string of the molecule is N#Cc1cc(CC(=O)O)c(CN)nc1C(F)F. The van der Waals surface area contributed by atoms with E-state index in [4.69, 9.17) is 16.1 Å². The number of alkyl halides is 2. The number of carboxylic acid groups (broad SMARTS) is 1. The predicted molar refractivity (Wildman–Crippen MR) is 53.1 cm³/mol. The molecule has 90 valence electrons. The molecule has 0 fully saturated rings. The van der Waals surface area contributed by atoms with Crippen LogP contribution in [-0.4, -0.2) is 16.1 Å². The Morgan fingerprint density at radius 2 is 2.29 bits per heavy atom. The lowest BCUT2D eigenvalue weighted by molar-refractivity contribution is -0.136. The maximum Gasteiger partial charge on any atom is 0.307 e. The molecule has 0 aromatic carbocycles. The number of hydrogen-bond acceptors (Lipinski definition) is 4. The van der Waals surface area contributed by atoms with Crippen LogP contribution in [0.5, 0.6) is 0 Å². The van der Waals surface area contributed by atoms with Gasteiger partial charge in [-0.2, -0.15) is 5.26 Å². The van der Waals surface area contributed by atoms with E-state index in [2.05, 4.69) is 4.98 Å². The van der Waals surface area contributed by atoms with Crippen LogP contribution in [0.25, 0.3) is 0 Å². The van der Waals surface area contributed by atoms with Crippen LogP contribution in [0, 0.1) is 11.3 Å². The molecule has 7 heteroatoms. The average molecular weight is 241 g/mol. The van der Waals surface area contributed by atoms with E-state index in [0.29, 0.717) is 0 Å². The van der Waals surface area contributed by atoms with Crippen molar-refractivity contribution in [2.75, 3.05) is 0 Å². The Morgan fingerprint density at radius 3 is 2.71 bits per heavy atom. The summed E-state index contributed by atoms with van der Waals surface area (Å²) in [5.74, 6) is -1.14. The van der Waals surface area contributed by atoms with Gasteiger partial charge in [0.15, 0.2) is 0 Å². The Hall–Kier alpha value is -2.07. The lowest BCUT2D eigenvalue weighted by atomic mass is 10.1. The first-order chi connectivity index (χ1) is 7.99. The maximum atomic E-state index is 12.6. The molecule has 0 saturated heterocycles. The van der Waals surface area contributed by atoms with Crippen molar-refractivity contribution in [3.05, 3.63) is 28.6 Å². The smallest absolute Gasteiger partial charge is 0.307 e. The Bertz CT molecular complexity index is 483. The van der Waals surface area contributed by atoms with Crippen LogP contribution in [0.1, 0.15) is 28.9 Å². The van der Waals surface area contributed by atoms with Crippen molar-refractivity contribution in [2.45, 2.75) is 19.4 Å². The summed E-state index contributed by atoms with van der Waals surface area (Å²) in [5.41, 5.74) is 4.57. The van der Waals surface area contributed by atoms with E-state index in [9.17, 15) is 13.6 Å². The number of halogens is 2. The number of nitrogens with two attached hydrogens (primary N) is 1. The molecule has 17 heavy (non-hydrogen) atoms. The van der Waals surface area contributed by atoms with Gasteiger partial charge in [-0.15, -0.1) is 0 Å². The second-order valence-electron chi connectivity index (χ2n) is 3.21. The van der Waals surface area contributed by atoms with E-state index < -0.39 is 24.5 Å². The van der Waals surface area contributed by atoms with Gasteiger partial charge in [-0.1, -0.05) is 0 Å². The minimum absolute atomic E-state index is 0.0710. The Kier molecular flexibility index (Phi) is 4.06. The van der Waals surface area contributed by atoms with Crippen molar-refractivity contribution >= 4 is 5.97 Å². The zero-order valence-electron chi connectivity index (χ0n) is 8.65. The number of hydrogen-bond donors (Lipinski definition) is 2. The third-order valence-corrected chi connectivity index (χ3v) is 2.08. The standard InChI is InChI=1S/C10H9F2N3O2/c11-10(12)9-6(3-13)1-5(2-8(16)17)7(4-14)15-9/h1,10H,2,4,14H2,(H,16,17). The van der Waals surface area contributed by atoms with Gasteiger partial charge in [0.25, 0.3) is 6.43 Å². The largest absolute Gasteiger partial charge is 0.481 e. The lowest BCUT2D eigenvalue weighted by Gasteiger charge is -2.09. The summed E-state index contributed by atoms with van der Waals surface area (Å²) in [7, 11) is 0. The molecule has 0 bridgehead atoms. The van der Waals surface area contributed by atoms with Crippen LogP contribution >= 0.6 is 0 Å². The summed E-state index contributed by atoms with van der Waals surface area (Å²) < 4.78 is 25.1. The second kappa shape index (κ2) is 5.32. The fourth-order valence-corrected chi connectivity index (χ4v) is 1.36. The molecule has 1 aromatic heterocycles. The molecular weight excluding hydrogens is 232 g/mol. The van der Waals surface area contributed by atoms with Gasteiger partial charge in [-0.05, 0) is 11.6 Å². The van der Waals surface area contributed by atoms with Crippen molar-refractivity contribution in [3.8, 4) is 6.07 Å². The summed E-state index contributed by atoms with van der Waals surface area (Å²) in [4.78, 5) is 14.1. The number of nitriles is 1. The number of carbonyl (C=O) groups is 1. The number of aromatic nitrogens is 1. The predicted octanol–water partition coefficient (Wildman–Crippen LogP) is 0.977. The number of carboxylic acids is 1. The third-order valence-electron chi connectivity index (χ3n) is 2.08. The average Bonchev–Trinajstić information content (AvgIpc) is 2.27. The van der Waals surface area contributed by atoms with Gasteiger partial charge >= 0.3 is 5.97 Å². The molecule has 0 aliphatic carbocycles. The first-order valence-corrected chi connectivity index (χ1v) is 4.62. The maximum absolute atomic E-state index is 12.6. The summed E-state index contributed by atoms with van der Waals surface area (Å²) in [6.07, 6.45) is -3.30. The highest BCUT2D eigenvalue weighted by atomic mass is 19.3. The normalized spacial score (nSPS) is 10.3. The molecule has 0 amide bonds. The van der Waals surface area contributed by atoms with Crippen LogP contribution in [0.3, 0.4) is 0 Å². The molecule has 1 aromatic rings. The van der Waals surface area contributed by atoms with Gasteiger partial charge in [-0.25, -0.2) is 13.8 Å². The quantitative estimate of drug-likeness (QED) is 0.818. The fourth-order valence-electron chi connectivity index (χ4n) is 1.36. The monoisotopic (exact) mass is 241 g/mol. The molecule has 1 rings (SSSR count). The molecule has 0 spiro atoms. The van der Waals surface area contributed by atoms with E-state index in [1.54, 1.807) is 6.07 Å². The first kappa shape index (κ1) is 13.0. The third kappa shape index (κ3) is 2.95. The topological polar surface area (TPSA) is 100 Å². The number of pyridine rings is 1. The first-order valence-electron chi connectivity index (χ1n) is 4.62. The van der Waals surface area contributed by atoms with Crippen molar-refractivity contribution < 1.29 is 18.7 Å². The van der Waals surface area contributed by atoms with Crippen LogP contribution < -0.4 is 5.73 Å². The minimum Gasteiger partial charge on any atom is -0.481 e. The number of rotatable bonds is 4. The van der Waals surface area contributed by atoms with Crippen LogP contribution in [-0.2, 0) is 17.8 Å². The Labute approximate surface area is 95.5 Å². The van der Waals surface area contributed by atoms with Crippen molar-refractivity contribution in [1.29, 1.82) is 5.26 Å². The Balaban J connectivity index is 3.33. The second-order valence-corrected chi connectivity index (χ2v) is 3.21. The number of aliphatic carboxylic acids is 1. The molecular formula is C10H9F2N3O2. The molecule has 0 atom stereocenters. The molecule has 0 aliphatic heterocycles. The van der Waals surface area contributed by atoms with Crippen LogP contribution in [0.15, 0.2) is 6.07 Å². The summed E-state index contributed by atoms with van der Waals surface area (Å²) >= 11 is 0. The molecule has 0 unspecified atom stereocenters. The zero-order chi connectivity index (χ0) is 13.0. The van der Waals surface area contributed by atoms with Gasteiger partial charge in [0.1, 0.15) is 11.8 Å². The Morgan fingerprint density at radius 1 is 1.65 bits per heavy atom. The van der Waals surface area contributed by atoms with Gasteiger partial charge < -0.3 is 10.8 Å². The van der Waals surface area contributed by atoms with Crippen molar-refractivity contribution in [1.82, 2.24) is 4.98 Å². The summed E-state index contributed by atoms with van der Waals surface area (Å²) in [6, 6.07) is 2.67. The van der Waals surface area contributed by atoms with E-state index in [1.165, 1.54) is 0 Å². The highest BCUT2D eigenvalue weighted by Gasteiger charge is 2.19. The summed E-state index contributed by atoms with van der Waals surface area (Å²) in [5, 5.41) is 17.3. The highest BCUT2D eigenvalue weighted by molar-refractivity contribution is 5.70. The molecule has 0 radical (unpaired) electrons. The summed E-state index contributed by atoms with van der Waals surface area (Å²) in [6.45, 7) is -0.159. The van der Waals surface area contributed by atoms with Gasteiger partial charge in [0.2, 0.25) is 0 Å². The molecule has 0 aliphatic rings. The van der Waals surface area contributed by atoms with Gasteiger partial charge in [0.05, 0.1) is 17.7 Å². The van der Waals surface area contributed by atoms with Gasteiger partial charge in [-0.3, -0.25) is 4.79 Å². The highest BCUT2D eigenvalue weighted by Crippen LogP contribution is 2.23.